The maximum absolute atomic E-state index is 14.1. The van der Waals surface area contributed by atoms with Crippen LogP contribution in [-0.2, 0) is 16.1 Å². The Balaban J connectivity index is 1.51. The van der Waals surface area contributed by atoms with Gasteiger partial charge < -0.3 is 14.0 Å². The highest BCUT2D eigenvalue weighted by molar-refractivity contribution is 7.07. The van der Waals surface area contributed by atoms with Gasteiger partial charge >= 0.3 is 5.97 Å². The summed E-state index contributed by atoms with van der Waals surface area (Å²) in [5.74, 6) is 0.169. The molecule has 0 amide bonds. The number of nitrogens with zero attached hydrogens (tertiary/aromatic N) is 4. The molecule has 8 nitrogen and oxygen atoms in total. The molecule has 0 saturated carbocycles. The maximum Gasteiger partial charge on any atom is 0.338 e. The van der Waals surface area contributed by atoms with Gasteiger partial charge in [0.2, 0.25) is 0 Å². The van der Waals surface area contributed by atoms with E-state index in [1.165, 1.54) is 11.3 Å². The molecule has 0 radical (unpaired) electrons. The Bertz CT molecular complexity index is 2130. The Hall–Kier alpha value is -5.20. The molecule has 0 aliphatic carbocycles. The van der Waals surface area contributed by atoms with Gasteiger partial charge in [0.1, 0.15) is 5.75 Å². The fourth-order valence-electron chi connectivity index (χ4n) is 5.51. The third kappa shape index (κ3) is 5.07. The van der Waals surface area contributed by atoms with Gasteiger partial charge in [0.05, 0.1) is 47.2 Å². The molecule has 0 N–H and O–H groups in total. The molecule has 0 spiro atoms. The number of benzene rings is 3. The fraction of sp³-hybridized carbons (Fsp3) is 0.176. The van der Waals surface area contributed by atoms with Gasteiger partial charge in [0.15, 0.2) is 4.80 Å². The lowest BCUT2D eigenvalue weighted by atomic mass is 9.96. The van der Waals surface area contributed by atoms with Crippen LogP contribution in [0.3, 0.4) is 0 Å². The van der Waals surface area contributed by atoms with E-state index in [0.29, 0.717) is 38.5 Å². The summed E-state index contributed by atoms with van der Waals surface area (Å²) in [6, 6.07) is 24.4. The van der Waals surface area contributed by atoms with Gasteiger partial charge in [-0.15, -0.1) is 0 Å². The van der Waals surface area contributed by atoms with Gasteiger partial charge in [0.25, 0.3) is 5.56 Å². The second-order valence-corrected chi connectivity index (χ2v) is 11.1. The number of para-hydroxylation sites is 1. The van der Waals surface area contributed by atoms with Gasteiger partial charge in [-0.1, -0.05) is 59.9 Å². The first-order valence-electron chi connectivity index (χ1n) is 13.8. The summed E-state index contributed by atoms with van der Waals surface area (Å²) >= 11 is 1.29. The molecule has 1 aliphatic heterocycles. The minimum Gasteiger partial charge on any atom is -0.497 e. The number of aromatic nitrogens is 2. The van der Waals surface area contributed by atoms with Gasteiger partial charge in [0, 0.05) is 29.2 Å². The van der Waals surface area contributed by atoms with Crippen LogP contribution in [-0.4, -0.2) is 28.8 Å². The highest BCUT2D eigenvalue weighted by atomic mass is 32.1. The number of thiazole rings is 1. The summed E-state index contributed by atoms with van der Waals surface area (Å²) in [6.07, 6.45) is 3.89. The Morgan fingerprint density at radius 3 is 2.58 bits per heavy atom. The predicted molar refractivity (Wildman–Crippen MR) is 166 cm³/mol. The van der Waals surface area contributed by atoms with Crippen LogP contribution >= 0.6 is 11.3 Å². The summed E-state index contributed by atoms with van der Waals surface area (Å²) in [7, 11) is 1.59. The lowest BCUT2D eigenvalue weighted by Gasteiger charge is -2.24. The van der Waals surface area contributed by atoms with Crippen LogP contribution in [0.25, 0.3) is 17.0 Å². The van der Waals surface area contributed by atoms with Crippen molar-refractivity contribution >= 4 is 34.3 Å². The van der Waals surface area contributed by atoms with Crippen molar-refractivity contribution in [2.45, 2.75) is 26.4 Å². The maximum atomic E-state index is 14.1. The number of ether oxygens (including phenoxy) is 2. The lowest BCUT2D eigenvalue weighted by molar-refractivity contribution is -0.139. The SMILES string of the molecule is CCOC(=O)C1=C(C)N=c2s/c(=C/c3cn(Cc4ccccc4C#N)c4ccccc34)c(=O)n2C1c1ccc(OC)cc1. The molecule has 2 aromatic heterocycles. The topological polar surface area (TPSA) is 98.6 Å². The first-order chi connectivity index (χ1) is 20.9. The molecule has 6 rings (SSSR count). The van der Waals surface area contributed by atoms with E-state index in [1.54, 1.807) is 25.5 Å². The summed E-state index contributed by atoms with van der Waals surface area (Å²) in [5, 5.41) is 10.6. The van der Waals surface area contributed by atoms with Crippen molar-refractivity contribution in [3.63, 3.8) is 0 Å². The van der Waals surface area contributed by atoms with E-state index in [-0.39, 0.29) is 12.2 Å². The summed E-state index contributed by atoms with van der Waals surface area (Å²) in [6.45, 7) is 4.24. The van der Waals surface area contributed by atoms with Crippen LogP contribution in [0.4, 0.5) is 0 Å². The third-order valence-corrected chi connectivity index (χ3v) is 8.52. The highest BCUT2D eigenvalue weighted by Crippen LogP contribution is 2.32. The molecular weight excluding hydrogens is 560 g/mol. The van der Waals surface area contributed by atoms with E-state index in [1.807, 2.05) is 85.1 Å². The Kier molecular flexibility index (Phi) is 7.53. The zero-order chi connectivity index (χ0) is 30.1. The van der Waals surface area contributed by atoms with Crippen molar-refractivity contribution in [3.05, 3.63) is 132 Å². The van der Waals surface area contributed by atoms with Gasteiger partial charge in [-0.25, -0.2) is 9.79 Å². The summed E-state index contributed by atoms with van der Waals surface area (Å²) in [5.41, 5.74) is 4.76. The molecule has 3 heterocycles. The van der Waals surface area contributed by atoms with Crippen molar-refractivity contribution in [1.29, 1.82) is 5.26 Å². The van der Waals surface area contributed by atoms with Crippen LogP contribution in [0.5, 0.6) is 5.75 Å². The predicted octanol–water partition coefficient (Wildman–Crippen LogP) is 4.68. The van der Waals surface area contributed by atoms with E-state index in [9.17, 15) is 14.9 Å². The van der Waals surface area contributed by atoms with Crippen molar-refractivity contribution < 1.29 is 14.3 Å². The number of esters is 1. The molecule has 214 valence electrons. The summed E-state index contributed by atoms with van der Waals surface area (Å²) in [4.78, 5) is 32.5. The molecule has 0 saturated heterocycles. The smallest absolute Gasteiger partial charge is 0.338 e. The Labute approximate surface area is 251 Å². The molecule has 9 heteroatoms. The van der Waals surface area contributed by atoms with Crippen molar-refractivity contribution in [1.82, 2.24) is 9.13 Å². The van der Waals surface area contributed by atoms with E-state index < -0.39 is 12.0 Å². The first kappa shape index (κ1) is 27.9. The van der Waals surface area contributed by atoms with Crippen LogP contribution in [0.15, 0.2) is 100 Å². The number of fused-ring (bicyclic) bond motifs is 2. The lowest BCUT2D eigenvalue weighted by Crippen LogP contribution is -2.39. The molecule has 1 unspecified atom stereocenters. The Morgan fingerprint density at radius 2 is 1.84 bits per heavy atom. The minimum atomic E-state index is -0.702. The average Bonchev–Trinajstić information content (AvgIpc) is 3.53. The quantitative estimate of drug-likeness (QED) is 0.257. The minimum absolute atomic E-state index is 0.207. The van der Waals surface area contributed by atoms with Gasteiger partial charge in [-0.2, -0.15) is 5.26 Å². The molecule has 0 bridgehead atoms. The second-order valence-electron chi connectivity index (χ2n) is 10.1. The molecule has 43 heavy (non-hydrogen) atoms. The van der Waals surface area contributed by atoms with Gasteiger partial charge in [-0.05, 0) is 55.3 Å². The van der Waals surface area contributed by atoms with Crippen LogP contribution < -0.4 is 19.6 Å². The highest BCUT2D eigenvalue weighted by Gasteiger charge is 2.33. The monoisotopic (exact) mass is 588 g/mol. The fourth-order valence-corrected chi connectivity index (χ4v) is 6.54. The summed E-state index contributed by atoms with van der Waals surface area (Å²) < 4.78 is 14.9. The first-order valence-corrected chi connectivity index (χ1v) is 14.6. The number of hydrogen-bond donors (Lipinski definition) is 0. The van der Waals surface area contributed by atoms with E-state index in [0.717, 1.165) is 27.6 Å². The zero-order valence-electron chi connectivity index (χ0n) is 23.9. The standard InChI is InChI=1S/C34H28N4O4S/c1-4-42-33(40)30-21(2)36-34-38(31(30)22-13-15-26(41-3)16-14-22)32(39)29(43-34)17-25-20-37(28-12-8-7-11-27(25)28)19-24-10-6-5-9-23(24)18-35/h5-17,20,31H,4,19H2,1-3H3/b29-17+. The van der Waals surface area contributed by atoms with Gasteiger partial charge in [-0.3, -0.25) is 9.36 Å². The molecular formula is C34H28N4O4S. The molecule has 0 fully saturated rings. The Morgan fingerprint density at radius 1 is 1.09 bits per heavy atom. The third-order valence-electron chi connectivity index (χ3n) is 7.53. The van der Waals surface area contributed by atoms with Crippen LogP contribution in [0.1, 0.15) is 42.1 Å². The van der Waals surface area contributed by atoms with Crippen LogP contribution in [0.2, 0.25) is 0 Å². The van der Waals surface area contributed by atoms with Crippen molar-refractivity contribution in [2.75, 3.05) is 13.7 Å². The van der Waals surface area contributed by atoms with E-state index in [4.69, 9.17) is 9.47 Å². The molecule has 1 atom stereocenters. The molecule has 3 aromatic carbocycles. The molecule has 5 aromatic rings. The number of carbonyl (C=O) groups is 1. The number of methoxy groups -OCH3 is 1. The van der Waals surface area contributed by atoms with E-state index in [2.05, 4.69) is 15.6 Å². The van der Waals surface area contributed by atoms with E-state index >= 15 is 0 Å². The average molecular weight is 589 g/mol. The number of allylic oxidation sites excluding steroid dienone is 1. The normalized spacial score (nSPS) is 14.7. The number of carbonyl (C=O) groups excluding carboxylic acids is 1. The van der Waals surface area contributed by atoms with Crippen LogP contribution in [0, 0.1) is 11.3 Å². The zero-order valence-corrected chi connectivity index (χ0v) is 24.7. The largest absolute Gasteiger partial charge is 0.497 e. The van der Waals surface area contributed by atoms with Crippen molar-refractivity contribution in [2.24, 2.45) is 4.99 Å². The molecule has 1 aliphatic rings. The number of rotatable bonds is 7. The number of hydrogen-bond acceptors (Lipinski definition) is 7. The number of nitriles is 1. The second kappa shape index (κ2) is 11.6. The van der Waals surface area contributed by atoms with Crippen molar-refractivity contribution in [3.8, 4) is 11.8 Å².